The Morgan fingerprint density at radius 2 is 2.37 bits per heavy atom. The van der Waals surface area contributed by atoms with Crippen molar-refractivity contribution in [1.29, 1.82) is 0 Å². The van der Waals surface area contributed by atoms with Crippen LogP contribution in [-0.2, 0) is 15.1 Å². The fraction of sp³-hybridized carbons (Fsp3) is 0.500. The quantitative estimate of drug-likeness (QED) is 0.798. The van der Waals surface area contributed by atoms with Gasteiger partial charge in [-0.3, -0.25) is 5.32 Å². The van der Waals surface area contributed by atoms with Gasteiger partial charge >= 0.3 is 5.97 Å². The Morgan fingerprint density at radius 3 is 3.05 bits per heavy atom. The Bertz CT molecular complexity index is 512. The Kier molecular flexibility index (Phi) is 2.86. The Labute approximate surface area is 111 Å². The third-order valence-corrected chi connectivity index (χ3v) is 3.79. The summed E-state index contributed by atoms with van der Waals surface area (Å²) >= 11 is 0. The van der Waals surface area contributed by atoms with Gasteiger partial charge < -0.3 is 14.6 Å². The number of fused-ring (bicyclic) bond motifs is 1. The summed E-state index contributed by atoms with van der Waals surface area (Å²) in [5.74, 6) is 0.954. The van der Waals surface area contributed by atoms with E-state index in [1.807, 2.05) is 0 Å². The second-order valence-corrected chi connectivity index (χ2v) is 5.19. The molecule has 0 amide bonds. The van der Waals surface area contributed by atoms with Crippen molar-refractivity contribution in [3.05, 3.63) is 23.8 Å². The Hall–Kier alpha value is -1.75. The number of carbonyl (C=O) groups excluding carboxylic acids is 1. The van der Waals surface area contributed by atoms with Gasteiger partial charge in [0.05, 0.1) is 7.11 Å². The first-order valence-electron chi connectivity index (χ1n) is 6.45. The summed E-state index contributed by atoms with van der Waals surface area (Å²) in [6.07, 6.45) is 2.40. The van der Waals surface area contributed by atoms with E-state index < -0.39 is 5.54 Å². The highest BCUT2D eigenvalue weighted by molar-refractivity contribution is 5.85. The van der Waals surface area contributed by atoms with Crippen LogP contribution in [0.4, 0.5) is 0 Å². The van der Waals surface area contributed by atoms with Gasteiger partial charge in [0.15, 0.2) is 5.54 Å². The van der Waals surface area contributed by atoms with Gasteiger partial charge in [-0.2, -0.15) is 0 Å². The third kappa shape index (κ3) is 2.04. The number of aromatic hydroxyl groups is 1. The lowest BCUT2D eigenvalue weighted by atomic mass is 9.91. The number of phenols is 1. The summed E-state index contributed by atoms with van der Waals surface area (Å²) in [7, 11) is 1.38. The average Bonchev–Trinajstić information content (AvgIpc) is 3.17. The SMILES string of the molecule is COC(=O)C1(NCC2CC2)COc2cc(O)ccc21. The topological polar surface area (TPSA) is 67.8 Å². The fourth-order valence-corrected chi connectivity index (χ4v) is 2.45. The second-order valence-electron chi connectivity index (χ2n) is 5.19. The minimum atomic E-state index is -0.944. The summed E-state index contributed by atoms with van der Waals surface area (Å²) in [5, 5.41) is 12.8. The van der Waals surface area contributed by atoms with Gasteiger partial charge in [0, 0.05) is 11.6 Å². The second kappa shape index (κ2) is 4.42. The standard InChI is InChI=1S/C14H17NO4/c1-18-13(17)14(15-7-9-2-3-9)8-19-12-6-10(16)4-5-11(12)14/h4-6,9,15-16H,2-3,7-8H2,1H3. The van der Waals surface area contributed by atoms with E-state index >= 15 is 0 Å². The molecule has 1 aromatic rings. The molecule has 0 spiro atoms. The summed E-state index contributed by atoms with van der Waals surface area (Å²) in [5.41, 5.74) is -0.210. The van der Waals surface area contributed by atoms with Gasteiger partial charge in [-0.15, -0.1) is 0 Å². The van der Waals surface area contributed by atoms with Crippen LogP contribution in [0.15, 0.2) is 18.2 Å². The zero-order valence-electron chi connectivity index (χ0n) is 10.8. The average molecular weight is 263 g/mol. The van der Waals surface area contributed by atoms with Crippen LogP contribution in [0.3, 0.4) is 0 Å². The Morgan fingerprint density at radius 1 is 1.58 bits per heavy atom. The molecule has 0 bridgehead atoms. The molecule has 19 heavy (non-hydrogen) atoms. The molecule has 1 atom stereocenters. The normalized spacial score (nSPS) is 24.7. The van der Waals surface area contributed by atoms with Gasteiger partial charge in [0.1, 0.15) is 18.1 Å². The molecule has 1 saturated carbocycles. The molecule has 5 nitrogen and oxygen atoms in total. The first-order chi connectivity index (χ1) is 9.15. The van der Waals surface area contributed by atoms with Gasteiger partial charge in [0.2, 0.25) is 0 Å². The van der Waals surface area contributed by atoms with E-state index in [1.165, 1.54) is 26.0 Å². The summed E-state index contributed by atoms with van der Waals surface area (Å²) in [6.45, 7) is 0.976. The van der Waals surface area contributed by atoms with E-state index in [1.54, 1.807) is 12.1 Å². The van der Waals surface area contributed by atoms with E-state index in [2.05, 4.69) is 5.32 Å². The third-order valence-electron chi connectivity index (χ3n) is 3.79. The highest BCUT2D eigenvalue weighted by Crippen LogP contribution is 2.40. The molecule has 0 radical (unpaired) electrons. The molecule has 1 aliphatic carbocycles. The number of hydrogen-bond acceptors (Lipinski definition) is 5. The van der Waals surface area contributed by atoms with E-state index in [4.69, 9.17) is 9.47 Å². The molecule has 3 rings (SSSR count). The van der Waals surface area contributed by atoms with E-state index in [-0.39, 0.29) is 18.3 Å². The predicted molar refractivity (Wildman–Crippen MR) is 68.0 cm³/mol. The number of benzene rings is 1. The van der Waals surface area contributed by atoms with Crippen LogP contribution in [0, 0.1) is 5.92 Å². The maximum Gasteiger partial charge on any atom is 0.334 e. The molecule has 1 heterocycles. The van der Waals surface area contributed by atoms with Crippen LogP contribution in [0.1, 0.15) is 18.4 Å². The summed E-state index contributed by atoms with van der Waals surface area (Å²) in [4.78, 5) is 12.2. The van der Waals surface area contributed by atoms with E-state index in [0.29, 0.717) is 11.7 Å². The maximum atomic E-state index is 12.2. The molecular formula is C14H17NO4. The number of ether oxygens (including phenoxy) is 2. The highest BCUT2D eigenvalue weighted by Gasteiger charge is 2.49. The number of rotatable bonds is 4. The van der Waals surface area contributed by atoms with E-state index in [0.717, 1.165) is 12.1 Å². The zero-order chi connectivity index (χ0) is 13.5. The van der Waals surface area contributed by atoms with Crippen molar-refractivity contribution >= 4 is 5.97 Å². The molecule has 1 fully saturated rings. The molecule has 0 aromatic heterocycles. The predicted octanol–water partition coefficient (Wildman–Crippen LogP) is 1.15. The molecule has 5 heteroatoms. The van der Waals surface area contributed by atoms with Gasteiger partial charge in [-0.1, -0.05) is 0 Å². The maximum absolute atomic E-state index is 12.2. The Balaban J connectivity index is 1.94. The monoisotopic (exact) mass is 263 g/mol. The molecule has 2 aliphatic rings. The number of esters is 1. The van der Waals surface area contributed by atoms with Crippen molar-refractivity contribution in [2.45, 2.75) is 18.4 Å². The van der Waals surface area contributed by atoms with Crippen LogP contribution in [0.2, 0.25) is 0 Å². The molecule has 102 valence electrons. The summed E-state index contributed by atoms with van der Waals surface area (Å²) in [6, 6.07) is 4.80. The van der Waals surface area contributed by atoms with Crippen molar-refractivity contribution in [1.82, 2.24) is 5.32 Å². The van der Waals surface area contributed by atoms with Crippen molar-refractivity contribution < 1.29 is 19.4 Å². The largest absolute Gasteiger partial charge is 0.508 e. The van der Waals surface area contributed by atoms with Crippen LogP contribution in [0.5, 0.6) is 11.5 Å². The molecule has 1 aliphatic heterocycles. The van der Waals surface area contributed by atoms with Crippen LogP contribution < -0.4 is 10.1 Å². The van der Waals surface area contributed by atoms with Crippen molar-refractivity contribution in [3.63, 3.8) is 0 Å². The fourth-order valence-electron chi connectivity index (χ4n) is 2.45. The first-order valence-corrected chi connectivity index (χ1v) is 6.45. The van der Waals surface area contributed by atoms with Crippen molar-refractivity contribution in [2.24, 2.45) is 5.92 Å². The molecular weight excluding hydrogens is 246 g/mol. The van der Waals surface area contributed by atoms with Gasteiger partial charge in [0.25, 0.3) is 0 Å². The minimum absolute atomic E-state index is 0.126. The van der Waals surface area contributed by atoms with Gasteiger partial charge in [-0.25, -0.2) is 4.79 Å². The summed E-state index contributed by atoms with van der Waals surface area (Å²) < 4.78 is 10.5. The highest BCUT2D eigenvalue weighted by atomic mass is 16.5. The molecule has 2 N–H and O–H groups in total. The minimum Gasteiger partial charge on any atom is -0.508 e. The van der Waals surface area contributed by atoms with Crippen LogP contribution >= 0.6 is 0 Å². The number of hydrogen-bond donors (Lipinski definition) is 2. The molecule has 0 saturated heterocycles. The number of nitrogens with one attached hydrogen (secondary N) is 1. The van der Waals surface area contributed by atoms with Crippen LogP contribution in [0.25, 0.3) is 0 Å². The lowest BCUT2D eigenvalue weighted by molar-refractivity contribution is -0.149. The number of carbonyl (C=O) groups is 1. The lowest BCUT2D eigenvalue weighted by Gasteiger charge is -2.26. The van der Waals surface area contributed by atoms with Crippen molar-refractivity contribution in [3.8, 4) is 11.5 Å². The zero-order valence-corrected chi connectivity index (χ0v) is 10.8. The lowest BCUT2D eigenvalue weighted by Crippen LogP contribution is -2.52. The first kappa shape index (κ1) is 12.3. The number of methoxy groups -OCH3 is 1. The van der Waals surface area contributed by atoms with Crippen molar-refractivity contribution in [2.75, 3.05) is 20.3 Å². The number of phenolic OH excluding ortho intramolecular Hbond substituents is 1. The molecule has 1 unspecified atom stereocenters. The van der Waals surface area contributed by atoms with Gasteiger partial charge in [-0.05, 0) is 37.4 Å². The molecule has 1 aromatic carbocycles. The van der Waals surface area contributed by atoms with Crippen LogP contribution in [-0.4, -0.2) is 31.3 Å². The smallest absolute Gasteiger partial charge is 0.334 e. The van der Waals surface area contributed by atoms with E-state index in [9.17, 15) is 9.90 Å².